The lowest BCUT2D eigenvalue weighted by Gasteiger charge is -2.29. The van der Waals surface area contributed by atoms with Crippen LogP contribution in [0.2, 0.25) is 0 Å². The van der Waals surface area contributed by atoms with Gasteiger partial charge in [0, 0.05) is 12.7 Å². The minimum absolute atomic E-state index is 0.0268. The van der Waals surface area contributed by atoms with Crippen LogP contribution in [0, 0.1) is 13.8 Å². The number of ether oxygens (including phenoxy) is 1. The summed E-state index contributed by atoms with van der Waals surface area (Å²) in [5.74, 6) is 0.899. The summed E-state index contributed by atoms with van der Waals surface area (Å²) in [6.07, 6.45) is 0. The summed E-state index contributed by atoms with van der Waals surface area (Å²) in [5, 5.41) is 3.03. The van der Waals surface area contributed by atoms with Crippen LogP contribution in [0.5, 0.6) is 5.75 Å². The Morgan fingerprint density at radius 1 is 1.26 bits per heavy atom. The van der Waals surface area contributed by atoms with E-state index in [0.29, 0.717) is 0 Å². The molecule has 0 heterocycles. The van der Waals surface area contributed by atoms with E-state index in [1.807, 2.05) is 39.8 Å². The first-order chi connectivity index (χ1) is 8.74. The Labute approximate surface area is 115 Å². The van der Waals surface area contributed by atoms with Crippen LogP contribution in [0.25, 0.3) is 0 Å². The van der Waals surface area contributed by atoms with Gasteiger partial charge in [0.05, 0.1) is 12.6 Å². The predicted octanol–water partition coefficient (Wildman–Crippen LogP) is 2.27. The van der Waals surface area contributed by atoms with E-state index in [2.05, 4.69) is 5.32 Å². The van der Waals surface area contributed by atoms with Gasteiger partial charge in [-0.15, -0.1) is 0 Å². The Morgan fingerprint density at radius 3 is 2.11 bits per heavy atom. The van der Waals surface area contributed by atoms with E-state index in [0.717, 1.165) is 22.6 Å². The van der Waals surface area contributed by atoms with Crippen molar-refractivity contribution < 1.29 is 9.53 Å². The van der Waals surface area contributed by atoms with Gasteiger partial charge in [0.2, 0.25) is 5.91 Å². The number of hydrogen-bond acceptors (Lipinski definition) is 3. The molecule has 4 heteroatoms. The molecule has 0 fully saturated rings. The van der Waals surface area contributed by atoms with Crippen LogP contribution in [-0.2, 0) is 4.79 Å². The lowest BCUT2D eigenvalue weighted by atomic mass is 10.0. The van der Waals surface area contributed by atoms with E-state index in [1.54, 1.807) is 26.1 Å². The van der Waals surface area contributed by atoms with Gasteiger partial charge < -0.3 is 15.0 Å². The topological polar surface area (TPSA) is 41.6 Å². The summed E-state index contributed by atoms with van der Waals surface area (Å²) < 4.78 is 5.34. The molecule has 0 aliphatic heterocycles. The average Bonchev–Trinajstić information content (AvgIpc) is 2.36. The highest BCUT2D eigenvalue weighted by molar-refractivity contribution is 5.99. The molecule has 0 bridgehead atoms. The van der Waals surface area contributed by atoms with Gasteiger partial charge in [0.1, 0.15) is 5.75 Å². The molecule has 0 spiro atoms. The molecule has 1 amide bonds. The molecule has 0 aliphatic rings. The van der Waals surface area contributed by atoms with Crippen LogP contribution in [-0.4, -0.2) is 32.7 Å². The minimum Gasteiger partial charge on any atom is -0.496 e. The summed E-state index contributed by atoms with van der Waals surface area (Å²) in [4.78, 5) is 14.1. The third-order valence-corrected chi connectivity index (χ3v) is 3.50. The molecule has 0 unspecified atom stereocenters. The molecule has 19 heavy (non-hydrogen) atoms. The Morgan fingerprint density at radius 2 is 1.74 bits per heavy atom. The van der Waals surface area contributed by atoms with Crippen LogP contribution in [0.15, 0.2) is 12.1 Å². The van der Waals surface area contributed by atoms with Crippen molar-refractivity contribution in [3.05, 3.63) is 23.3 Å². The van der Waals surface area contributed by atoms with Crippen molar-refractivity contribution in [1.29, 1.82) is 0 Å². The molecule has 1 aromatic rings. The first kappa shape index (κ1) is 15.5. The van der Waals surface area contributed by atoms with Crippen molar-refractivity contribution >= 4 is 11.6 Å². The summed E-state index contributed by atoms with van der Waals surface area (Å²) in [6.45, 7) is 7.71. The standard InChI is InChI=1S/C15H24N2O2/c1-10-8-12(9-11(2)13(10)19-7)17(6)14(18)15(3,4)16-5/h8-9,16H,1-7H3. The number of hydrogen-bond donors (Lipinski definition) is 1. The zero-order chi connectivity index (χ0) is 14.8. The van der Waals surface area contributed by atoms with Crippen molar-refractivity contribution in [2.75, 3.05) is 26.1 Å². The van der Waals surface area contributed by atoms with Crippen molar-refractivity contribution in [2.45, 2.75) is 33.2 Å². The molecule has 1 rings (SSSR count). The fourth-order valence-corrected chi connectivity index (χ4v) is 2.09. The second-order valence-electron chi connectivity index (χ2n) is 5.35. The third kappa shape index (κ3) is 3.07. The van der Waals surface area contributed by atoms with E-state index in [1.165, 1.54) is 0 Å². The highest BCUT2D eigenvalue weighted by Gasteiger charge is 2.29. The molecule has 1 aromatic carbocycles. The van der Waals surface area contributed by atoms with Crippen molar-refractivity contribution in [3.63, 3.8) is 0 Å². The fraction of sp³-hybridized carbons (Fsp3) is 0.533. The number of likely N-dealkylation sites (N-methyl/N-ethyl adjacent to an activating group) is 2. The van der Waals surface area contributed by atoms with E-state index in [4.69, 9.17) is 4.74 Å². The number of anilines is 1. The normalized spacial score (nSPS) is 11.3. The third-order valence-electron chi connectivity index (χ3n) is 3.50. The number of amides is 1. The van der Waals surface area contributed by atoms with Gasteiger partial charge in [0.15, 0.2) is 0 Å². The monoisotopic (exact) mass is 264 g/mol. The number of benzene rings is 1. The van der Waals surface area contributed by atoms with E-state index in [-0.39, 0.29) is 5.91 Å². The van der Waals surface area contributed by atoms with Crippen LogP contribution < -0.4 is 15.0 Å². The van der Waals surface area contributed by atoms with E-state index < -0.39 is 5.54 Å². The molecule has 0 radical (unpaired) electrons. The molecule has 0 aromatic heterocycles. The van der Waals surface area contributed by atoms with Gasteiger partial charge in [-0.3, -0.25) is 4.79 Å². The molecule has 106 valence electrons. The second kappa shape index (κ2) is 5.61. The largest absolute Gasteiger partial charge is 0.496 e. The van der Waals surface area contributed by atoms with Gasteiger partial charge in [-0.05, 0) is 58.0 Å². The van der Waals surface area contributed by atoms with Crippen LogP contribution in [0.3, 0.4) is 0 Å². The van der Waals surface area contributed by atoms with Gasteiger partial charge >= 0.3 is 0 Å². The number of carbonyl (C=O) groups excluding carboxylic acids is 1. The smallest absolute Gasteiger partial charge is 0.246 e. The lowest BCUT2D eigenvalue weighted by molar-refractivity contribution is -0.123. The Kier molecular flexibility index (Phi) is 4.58. The molecule has 4 nitrogen and oxygen atoms in total. The highest BCUT2D eigenvalue weighted by atomic mass is 16.5. The summed E-state index contributed by atoms with van der Waals surface area (Å²) >= 11 is 0. The quantitative estimate of drug-likeness (QED) is 0.907. The van der Waals surface area contributed by atoms with E-state index >= 15 is 0 Å². The maximum absolute atomic E-state index is 12.4. The number of rotatable bonds is 4. The average molecular weight is 264 g/mol. The molecule has 0 aliphatic carbocycles. The molecular weight excluding hydrogens is 240 g/mol. The Bertz CT molecular complexity index is 458. The molecular formula is C15H24N2O2. The van der Waals surface area contributed by atoms with Gasteiger partial charge in [-0.25, -0.2) is 0 Å². The summed E-state index contributed by atoms with van der Waals surface area (Å²) in [6, 6.07) is 3.94. The van der Waals surface area contributed by atoms with Crippen molar-refractivity contribution in [2.24, 2.45) is 0 Å². The Balaban J connectivity index is 3.14. The molecule has 0 atom stereocenters. The first-order valence-corrected chi connectivity index (χ1v) is 6.37. The first-order valence-electron chi connectivity index (χ1n) is 6.37. The molecule has 1 N–H and O–H groups in total. The lowest BCUT2D eigenvalue weighted by Crippen LogP contribution is -2.51. The number of aryl methyl sites for hydroxylation is 2. The van der Waals surface area contributed by atoms with Gasteiger partial charge in [-0.2, -0.15) is 0 Å². The predicted molar refractivity (Wildman–Crippen MR) is 79.0 cm³/mol. The molecule has 0 saturated heterocycles. The number of nitrogens with one attached hydrogen (secondary N) is 1. The van der Waals surface area contributed by atoms with Crippen LogP contribution in [0.4, 0.5) is 5.69 Å². The van der Waals surface area contributed by atoms with Crippen LogP contribution >= 0.6 is 0 Å². The van der Waals surface area contributed by atoms with Gasteiger partial charge in [0.25, 0.3) is 0 Å². The number of carbonyl (C=O) groups is 1. The number of nitrogens with zero attached hydrogens (tertiary/aromatic N) is 1. The van der Waals surface area contributed by atoms with Crippen molar-refractivity contribution in [3.8, 4) is 5.75 Å². The maximum Gasteiger partial charge on any atom is 0.246 e. The zero-order valence-corrected chi connectivity index (χ0v) is 12.9. The fourth-order valence-electron chi connectivity index (χ4n) is 2.09. The minimum atomic E-state index is -0.587. The SMILES string of the molecule is CNC(C)(C)C(=O)N(C)c1cc(C)c(OC)c(C)c1. The zero-order valence-electron chi connectivity index (χ0n) is 12.9. The van der Waals surface area contributed by atoms with Crippen molar-refractivity contribution in [1.82, 2.24) is 5.32 Å². The number of methoxy groups -OCH3 is 1. The van der Waals surface area contributed by atoms with Crippen LogP contribution in [0.1, 0.15) is 25.0 Å². The summed E-state index contributed by atoms with van der Waals surface area (Å²) in [7, 11) is 5.24. The van der Waals surface area contributed by atoms with Gasteiger partial charge in [-0.1, -0.05) is 0 Å². The summed E-state index contributed by atoms with van der Waals surface area (Å²) in [5.41, 5.74) is 2.35. The second-order valence-corrected chi connectivity index (χ2v) is 5.35. The van der Waals surface area contributed by atoms with E-state index in [9.17, 15) is 4.79 Å². The molecule has 0 saturated carbocycles. The highest BCUT2D eigenvalue weighted by Crippen LogP contribution is 2.29. The Hall–Kier alpha value is -1.55. The maximum atomic E-state index is 12.4.